The maximum atomic E-state index is 5.83. The minimum atomic E-state index is 0.566. The number of nitrogens with one attached hydrogen (secondary N) is 2. The first-order chi connectivity index (χ1) is 9.92. The number of anilines is 1. The summed E-state index contributed by atoms with van der Waals surface area (Å²) in [7, 11) is 0. The number of H-pyrrole nitrogens is 1. The largest absolute Gasteiger partial charge is 0.403 e. The number of hydrogen-bond acceptors (Lipinski definition) is 5. The molecule has 3 aromatic rings. The van der Waals surface area contributed by atoms with Crippen molar-refractivity contribution in [1.82, 2.24) is 20.5 Å². The summed E-state index contributed by atoms with van der Waals surface area (Å²) in [4.78, 5) is 5.34. The Bertz CT molecular complexity index is 726. The monoisotopic (exact) mass is 269 g/mol. The number of aromatic nitrogens is 3. The second-order valence-electron chi connectivity index (χ2n) is 4.87. The van der Waals surface area contributed by atoms with Crippen molar-refractivity contribution in [2.45, 2.75) is 0 Å². The van der Waals surface area contributed by atoms with Gasteiger partial charge in [-0.1, -0.05) is 23.3 Å². The van der Waals surface area contributed by atoms with Crippen LogP contribution in [-0.4, -0.2) is 41.4 Å². The van der Waals surface area contributed by atoms with E-state index in [9.17, 15) is 0 Å². The van der Waals surface area contributed by atoms with Crippen LogP contribution in [0.15, 0.2) is 34.9 Å². The molecule has 2 aromatic heterocycles. The number of benzene rings is 1. The third-order valence-corrected chi connectivity index (χ3v) is 3.62. The van der Waals surface area contributed by atoms with Crippen molar-refractivity contribution >= 4 is 16.9 Å². The zero-order valence-electron chi connectivity index (χ0n) is 11.0. The zero-order chi connectivity index (χ0) is 13.4. The van der Waals surface area contributed by atoms with Gasteiger partial charge in [-0.2, -0.15) is 0 Å². The normalized spacial score (nSPS) is 15.9. The van der Waals surface area contributed by atoms with Gasteiger partial charge in [0.2, 0.25) is 0 Å². The molecule has 102 valence electrons. The second kappa shape index (κ2) is 4.64. The van der Waals surface area contributed by atoms with E-state index in [4.69, 9.17) is 4.42 Å². The van der Waals surface area contributed by atoms with Crippen molar-refractivity contribution < 1.29 is 4.42 Å². The summed E-state index contributed by atoms with van der Waals surface area (Å²) in [5, 5.41) is 12.8. The van der Waals surface area contributed by atoms with E-state index in [0.717, 1.165) is 42.6 Å². The van der Waals surface area contributed by atoms with Crippen molar-refractivity contribution in [2.75, 3.05) is 31.1 Å². The van der Waals surface area contributed by atoms with Gasteiger partial charge in [0.15, 0.2) is 0 Å². The highest BCUT2D eigenvalue weighted by atomic mass is 16.4. The summed E-state index contributed by atoms with van der Waals surface area (Å²) in [6.45, 7) is 3.70. The Labute approximate surface area is 115 Å². The molecule has 6 nitrogen and oxygen atoms in total. The highest BCUT2D eigenvalue weighted by molar-refractivity contribution is 5.93. The van der Waals surface area contributed by atoms with Gasteiger partial charge in [-0.05, 0) is 6.07 Å². The van der Waals surface area contributed by atoms with Gasteiger partial charge in [-0.15, -0.1) is 5.10 Å². The number of nitrogens with zero attached hydrogens (tertiary/aromatic N) is 3. The van der Waals surface area contributed by atoms with Gasteiger partial charge in [-0.3, -0.25) is 0 Å². The first-order valence-corrected chi connectivity index (χ1v) is 6.77. The van der Waals surface area contributed by atoms with Crippen molar-refractivity contribution in [3.05, 3.63) is 30.5 Å². The molecule has 0 spiro atoms. The lowest BCUT2D eigenvalue weighted by Gasteiger charge is -2.24. The Morgan fingerprint density at radius 3 is 2.85 bits per heavy atom. The summed E-state index contributed by atoms with van der Waals surface area (Å²) < 4.78 is 5.83. The van der Waals surface area contributed by atoms with Crippen molar-refractivity contribution in [3.8, 4) is 11.5 Å². The van der Waals surface area contributed by atoms with Gasteiger partial charge in [0.05, 0.1) is 5.56 Å². The molecular formula is C14H15N5O. The van der Waals surface area contributed by atoms with Crippen LogP contribution in [0.1, 0.15) is 0 Å². The second-order valence-corrected chi connectivity index (χ2v) is 4.87. The quantitative estimate of drug-likeness (QED) is 0.740. The summed E-state index contributed by atoms with van der Waals surface area (Å²) >= 11 is 0. The van der Waals surface area contributed by atoms with Crippen LogP contribution in [0.5, 0.6) is 0 Å². The van der Waals surface area contributed by atoms with Gasteiger partial charge in [0.1, 0.15) is 0 Å². The maximum absolute atomic E-state index is 5.83. The van der Waals surface area contributed by atoms with Crippen LogP contribution in [0.25, 0.3) is 22.4 Å². The molecule has 20 heavy (non-hydrogen) atoms. The molecule has 0 saturated carbocycles. The molecule has 0 bridgehead atoms. The average Bonchev–Trinajstić information content (AvgIpc) is 3.14. The third kappa shape index (κ3) is 1.85. The summed E-state index contributed by atoms with van der Waals surface area (Å²) in [6, 6.07) is 8.70. The van der Waals surface area contributed by atoms with E-state index >= 15 is 0 Å². The fraction of sp³-hybridized carbons (Fsp3) is 0.286. The summed E-state index contributed by atoms with van der Waals surface area (Å²) in [6.07, 6.45) is 1.92. The number of para-hydroxylation sites is 1. The van der Waals surface area contributed by atoms with Crippen LogP contribution in [-0.2, 0) is 0 Å². The molecule has 2 N–H and O–H groups in total. The first kappa shape index (κ1) is 11.5. The van der Waals surface area contributed by atoms with E-state index in [-0.39, 0.29) is 0 Å². The number of hydrogen-bond donors (Lipinski definition) is 2. The molecule has 1 aliphatic rings. The van der Waals surface area contributed by atoms with Gasteiger partial charge in [0.25, 0.3) is 5.89 Å². The fourth-order valence-electron chi connectivity index (χ4n) is 2.56. The molecule has 1 saturated heterocycles. The zero-order valence-corrected chi connectivity index (χ0v) is 11.0. The molecule has 4 rings (SSSR count). The Kier molecular flexibility index (Phi) is 2.67. The average molecular weight is 269 g/mol. The van der Waals surface area contributed by atoms with Crippen molar-refractivity contribution in [1.29, 1.82) is 0 Å². The van der Waals surface area contributed by atoms with Crippen LogP contribution in [0.2, 0.25) is 0 Å². The molecule has 0 atom stereocenters. The molecule has 6 heteroatoms. The van der Waals surface area contributed by atoms with Gasteiger partial charge < -0.3 is 19.6 Å². The Hall–Kier alpha value is -2.34. The van der Waals surface area contributed by atoms with Crippen LogP contribution >= 0.6 is 0 Å². The van der Waals surface area contributed by atoms with E-state index in [0.29, 0.717) is 11.9 Å². The molecule has 1 fully saturated rings. The summed E-state index contributed by atoms with van der Waals surface area (Å²) in [5.74, 6) is 0.566. The van der Waals surface area contributed by atoms with Crippen LogP contribution < -0.4 is 10.2 Å². The molecule has 1 aliphatic heterocycles. The number of piperazine rings is 1. The van der Waals surface area contributed by atoms with Gasteiger partial charge in [0, 0.05) is 43.3 Å². The van der Waals surface area contributed by atoms with Crippen LogP contribution in [0.3, 0.4) is 0 Å². The SMILES string of the molecule is c1ccc2c(-c3nnc(N4CCNCC4)o3)c[nH]c2c1. The smallest absolute Gasteiger partial charge is 0.318 e. The number of fused-ring (bicyclic) bond motifs is 1. The number of rotatable bonds is 2. The van der Waals surface area contributed by atoms with Crippen molar-refractivity contribution in [3.63, 3.8) is 0 Å². The predicted octanol–water partition coefficient (Wildman–Crippen LogP) is 1.63. The highest BCUT2D eigenvalue weighted by Crippen LogP contribution is 2.29. The molecular weight excluding hydrogens is 254 g/mol. The van der Waals surface area contributed by atoms with Gasteiger partial charge >= 0.3 is 6.01 Å². The van der Waals surface area contributed by atoms with E-state index < -0.39 is 0 Å². The first-order valence-electron chi connectivity index (χ1n) is 6.77. The molecule has 1 aromatic carbocycles. The lowest BCUT2D eigenvalue weighted by Crippen LogP contribution is -2.43. The van der Waals surface area contributed by atoms with Gasteiger partial charge in [-0.25, -0.2) is 0 Å². The Morgan fingerprint density at radius 1 is 1.10 bits per heavy atom. The van der Waals surface area contributed by atoms with E-state index in [1.807, 2.05) is 24.4 Å². The Balaban J connectivity index is 1.70. The van der Waals surface area contributed by atoms with E-state index in [1.54, 1.807) is 0 Å². The molecule has 0 aliphatic carbocycles. The van der Waals surface area contributed by atoms with Crippen LogP contribution in [0.4, 0.5) is 6.01 Å². The fourth-order valence-corrected chi connectivity index (χ4v) is 2.56. The molecule has 0 amide bonds. The molecule has 3 heterocycles. The summed E-state index contributed by atoms with van der Waals surface area (Å²) in [5.41, 5.74) is 2.03. The van der Waals surface area contributed by atoms with E-state index in [2.05, 4.69) is 31.5 Å². The lowest BCUT2D eigenvalue weighted by atomic mass is 10.2. The number of aromatic amines is 1. The third-order valence-electron chi connectivity index (χ3n) is 3.62. The highest BCUT2D eigenvalue weighted by Gasteiger charge is 2.18. The topological polar surface area (TPSA) is 70.0 Å². The maximum Gasteiger partial charge on any atom is 0.318 e. The lowest BCUT2D eigenvalue weighted by molar-refractivity contribution is 0.505. The molecule has 0 radical (unpaired) electrons. The minimum Gasteiger partial charge on any atom is -0.403 e. The standard InChI is InChI=1S/C14H15N5O/c1-2-4-12-10(3-1)11(9-16-12)13-17-18-14(20-13)19-7-5-15-6-8-19/h1-4,9,15-16H,5-8H2. The van der Waals surface area contributed by atoms with Crippen molar-refractivity contribution in [2.24, 2.45) is 0 Å². The van der Waals surface area contributed by atoms with E-state index in [1.165, 1.54) is 0 Å². The minimum absolute atomic E-state index is 0.566. The van der Waals surface area contributed by atoms with Crippen LogP contribution in [0, 0.1) is 0 Å². The molecule has 0 unspecified atom stereocenters. The predicted molar refractivity (Wildman–Crippen MR) is 76.7 cm³/mol. The Morgan fingerprint density at radius 2 is 1.95 bits per heavy atom.